The van der Waals surface area contributed by atoms with E-state index in [1.54, 1.807) is 0 Å². The number of hydrogen-bond donors (Lipinski definition) is 1. The Morgan fingerprint density at radius 1 is 1.21 bits per heavy atom. The molecule has 0 aromatic carbocycles. The molecule has 82 valence electrons. The van der Waals surface area contributed by atoms with Crippen LogP contribution < -0.4 is 5.32 Å². The van der Waals surface area contributed by atoms with Gasteiger partial charge < -0.3 is 5.32 Å². The molecule has 0 aromatic heterocycles. The van der Waals surface area contributed by atoms with Gasteiger partial charge >= 0.3 is 0 Å². The van der Waals surface area contributed by atoms with Gasteiger partial charge in [-0.15, -0.1) is 0 Å². The smallest absolute Gasteiger partial charge is 0.0158 e. The van der Waals surface area contributed by atoms with Crippen LogP contribution in [0.1, 0.15) is 39.0 Å². The molecule has 0 aliphatic heterocycles. The topological polar surface area (TPSA) is 12.0 Å². The minimum absolute atomic E-state index is 0.760. The SMILES string of the molecule is CCC(CSC)NC(C1CC1)C1CC1. The molecule has 2 aliphatic rings. The first-order chi connectivity index (χ1) is 6.85. The van der Waals surface area contributed by atoms with Gasteiger partial charge in [0.1, 0.15) is 0 Å². The lowest BCUT2D eigenvalue weighted by Gasteiger charge is -2.24. The monoisotopic (exact) mass is 213 g/mol. The Morgan fingerprint density at radius 2 is 1.79 bits per heavy atom. The van der Waals surface area contributed by atoms with Gasteiger partial charge in [0, 0.05) is 17.8 Å². The summed E-state index contributed by atoms with van der Waals surface area (Å²) in [5.74, 6) is 3.36. The molecule has 0 spiro atoms. The molecule has 0 aromatic rings. The first-order valence-corrected chi connectivity index (χ1v) is 7.49. The zero-order valence-electron chi connectivity index (χ0n) is 9.46. The third-order valence-electron chi connectivity index (χ3n) is 3.55. The highest BCUT2D eigenvalue weighted by Gasteiger charge is 2.41. The van der Waals surface area contributed by atoms with Crippen molar-refractivity contribution in [1.82, 2.24) is 5.32 Å². The van der Waals surface area contributed by atoms with Crippen LogP contribution in [0.5, 0.6) is 0 Å². The zero-order chi connectivity index (χ0) is 9.97. The lowest BCUT2D eigenvalue weighted by atomic mass is 10.1. The van der Waals surface area contributed by atoms with Crippen molar-refractivity contribution in [2.75, 3.05) is 12.0 Å². The van der Waals surface area contributed by atoms with Crippen molar-refractivity contribution in [1.29, 1.82) is 0 Å². The molecule has 14 heavy (non-hydrogen) atoms. The van der Waals surface area contributed by atoms with E-state index >= 15 is 0 Å². The first-order valence-electron chi connectivity index (χ1n) is 6.10. The average Bonchev–Trinajstić information content (AvgIpc) is 3.05. The summed E-state index contributed by atoms with van der Waals surface area (Å²) in [4.78, 5) is 0. The van der Waals surface area contributed by atoms with E-state index in [1.165, 1.54) is 37.9 Å². The van der Waals surface area contributed by atoms with E-state index in [-0.39, 0.29) is 0 Å². The van der Waals surface area contributed by atoms with Gasteiger partial charge in [-0.3, -0.25) is 0 Å². The van der Waals surface area contributed by atoms with Crippen molar-refractivity contribution in [2.45, 2.75) is 51.1 Å². The van der Waals surface area contributed by atoms with E-state index < -0.39 is 0 Å². The molecule has 0 heterocycles. The molecule has 2 saturated carbocycles. The fraction of sp³-hybridized carbons (Fsp3) is 1.00. The lowest BCUT2D eigenvalue weighted by molar-refractivity contribution is 0.370. The number of hydrogen-bond acceptors (Lipinski definition) is 2. The third-order valence-corrected chi connectivity index (χ3v) is 4.28. The highest BCUT2D eigenvalue weighted by atomic mass is 32.2. The molecule has 1 N–H and O–H groups in total. The van der Waals surface area contributed by atoms with Gasteiger partial charge in [-0.2, -0.15) is 11.8 Å². The summed E-state index contributed by atoms with van der Waals surface area (Å²) in [5.41, 5.74) is 0. The minimum atomic E-state index is 0.760. The van der Waals surface area contributed by atoms with E-state index in [9.17, 15) is 0 Å². The highest BCUT2D eigenvalue weighted by molar-refractivity contribution is 7.98. The summed E-state index contributed by atoms with van der Waals surface area (Å²) in [6.07, 6.45) is 9.46. The second-order valence-corrected chi connectivity index (χ2v) is 5.84. The zero-order valence-corrected chi connectivity index (χ0v) is 10.3. The van der Waals surface area contributed by atoms with Gasteiger partial charge in [-0.05, 0) is 50.2 Å². The second kappa shape index (κ2) is 4.89. The summed E-state index contributed by atoms with van der Waals surface area (Å²) in [7, 11) is 0. The number of rotatable bonds is 7. The summed E-state index contributed by atoms with van der Waals surface area (Å²) < 4.78 is 0. The van der Waals surface area contributed by atoms with E-state index in [0.29, 0.717) is 0 Å². The van der Waals surface area contributed by atoms with Crippen LogP contribution in [0, 0.1) is 11.8 Å². The maximum Gasteiger partial charge on any atom is 0.0158 e. The number of nitrogens with one attached hydrogen (secondary N) is 1. The molecule has 1 atom stereocenters. The van der Waals surface area contributed by atoms with Crippen molar-refractivity contribution in [2.24, 2.45) is 11.8 Å². The predicted octanol–water partition coefficient (Wildman–Crippen LogP) is 2.91. The van der Waals surface area contributed by atoms with Crippen molar-refractivity contribution >= 4 is 11.8 Å². The molecule has 1 unspecified atom stereocenters. The van der Waals surface area contributed by atoms with Crippen LogP contribution in [0.25, 0.3) is 0 Å². The Balaban J connectivity index is 1.78. The van der Waals surface area contributed by atoms with Gasteiger partial charge in [0.05, 0.1) is 0 Å². The van der Waals surface area contributed by atoms with Crippen LogP contribution in [0.3, 0.4) is 0 Å². The molecule has 2 heteroatoms. The van der Waals surface area contributed by atoms with E-state index in [0.717, 1.165) is 23.9 Å². The quantitative estimate of drug-likeness (QED) is 0.698. The summed E-state index contributed by atoms with van der Waals surface area (Å²) in [6, 6.07) is 1.64. The van der Waals surface area contributed by atoms with E-state index in [1.807, 2.05) is 11.8 Å². The minimum Gasteiger partial charge on any atom is -0.310 e. The normalized spacial score (nSPS) is 24.2. The maximum atomic E-state index is 3.91. The Kier molecular flexibility index (Phi) is 3.78. The largest absolute Gasteiger partial charge is 0.310 e. The van der Waals surface area contributed by atoms with Crippen LogP contribution in [0.2, 0.25) is 0 Å². The first kappa shape index (κ1) is 10.8. The third kappa shape index (κ3) is 2.90. The molecule has 1 nitrogen and oxygen atoms in total. The predicted molar refractivity (Wildman–Crippen MR) is 64.8 cm³/mol. The molecule has 2 rings (SSSR count). The molecular formula is C12H23NS. The molecule has 2 fully saturated rings. The number of thioether (sulfide) groups is 1. The van der Waals surface area contributed by atoms with Crippen molar-refractivity contribution in [3.8, 4) is 0 Å². The van der Waals surface area contributed by atoms with Crippen LogP contribution in [-0.2, 0) is 0 Å². The van der Waals surface area contributed by atoms with Crippen molar-refractivity contribution in [3.63, 3.8) is 0 Å². The molecule has 0 amide bonds. The molecular weight excluding hydrogens is 190 g/mol. The summed E-state index contributed by atoms with van der Waals surface area (Å²) in [6.45, 7) is 2.31. The van der Waals surface area contributed by atoms with E-state index in [2.05, 4.69) is 18.5 Å². The molecule has 2 aliphatic carbocycles. The Morgan fingerprint density at radius 3 is 2.14 bits per heavy atom. The van der Waals surface area contributed by atoms with Gasteiger partial charge in [-0.25, -0.2) is 0 Å². The van der Waals surface area contributed by atoms with Crippen molar-refractivity contribution in [3.05, 3.63) is 0 Å². The molecule has 0 saturated heterocycles. The standard InChI is InChI=1S/C12H23NS/c1-3-11(8-14-2)13-12(9-4-5-9)10-6-7-10/h9-13H,3-8H2,1-2H3. The molecule has 0 bridgehead atoms. The maximum absolute atomic E-state index is 3.91. The fourth-order valence-electron chi connectivity index (χ4n) is 2.32. The summed E-state index contributed by atoms with van der Waals surface area (Å²) >= 11 is 1.98. The van der Waals surface area contributed by atoms with Crippen molar-refractivity contribution < 1.29 is 0 Å². The fourth-order valence-corrected chi connectivity index (χ4v) is 3.06. The van der Waals surface area contributed by atoms with Crippen LogP contribution in [0.15, 0.2) is 0 Å². The Hall–Kier alpha value is 0.310. The average molecular weight is 213 g/mol. The van der Waals surface area contributed by atoms with Gasteiger partial charge in [0.2, 0.25) is 0 Å². The summed E-state index contributed by atoms with van der Waals surface area (Å²) in [5, 5.41) is 3.91. The van der Waals surface area contributed by atoms with E-state index in [4.69, 9.17) is 0 Å². The van der Waals surface area contributed by atoms with Gasteiger partial charge in [0.15, 0.2) is 0 Å². The molecule has 0 radical (unpaired) electrons. The Labute approximate surface area is 92.4 Å². The Bertz CT molecular complexity index is 163. The van der Waals surface area contributed by atoms with Gasteiger partial charge in [-0.1, -0.05) is 6.92 Å². The lowest BCUT2D eigenvalue weighted by Crippen LogP contribution is -2.42. The highest BCUT2D eigenvalue weighted by Crippen LogP contribution is 2.44. The second-order valence-electron chi connectivity index (χ2n) is 4.93. The van der Waals surface area contributed by atoms with Crippen LogP contribution >= 0.6 is 11.8 Å². The van der Waals surface area contributed by atoms with Crippen LogP contribution in [-0.4, -0.2) is 24.1 Å². The van der Waals surface area contributed by atoms with Gasteiger partial charge in [0.25, 0.3) is 0 Å². The van der Waals surface area contributed by atoms with Crippen LogP contribution in [0.4, 0.5) is 0 Å².